The van der Waals surface area contributed by atoms with Crippen LogP contribution in [0.3, 0.4) is 0 Å². The van der Waals surface area contributed by atoms with Gasteiger partial charge in [0.15, 0.2) is 0 Å². The van der Waals surface area contributed by atoms with Crippen LogP contribution in [0.25, 0.3) is 10.6 Å². The first kappa shape index (κ1) is 16.0. The zero-order valence-corrected chi connectivity index (χ0v) is 14.3. The van der Waals surface area contributed by atoms with Crippen LogP contribution in [0, 0.1) is 0 Å². The predicted molar refractivity (Wildman–Crippen MR) is 90.2 cm³/mol. The van der Waals surface area contributed by atoms with Gasteiger partial charge in [0.1, 0.15) is 10.8 Å². The molecule has 0 aliphatic rings. The van der Waals surface area contributed by atoms with E-state index >= 15 is 0 Å². The SMILES string of the molecule is CCOc1ccccc1-c1nc(C(C)(C)C)c(CNC)s1. The second-order valence-electron chi connectivity index (χ2n) is 6.00. The molecule has 21 heavy (non-hydrogen) atoms. The van der Waals surface area contributed by atoms with Crippen molar-refractivity contribution in [2.75, 3.05) is 13.7 Å². The zero-order valence-electron chi connectivity index (χ0n) is 13.5. The highest BCUT2D eigenvalue weighted by molar-refractivity contribution is 7.15. The molecule has 1 heterocycles. The number of rotatable bonds is 5. The minimum atomic E-state index is 0.0431. The van der Waals surface area contributed by atoms with Crippen molar-refractivity contribution in [3.05, 3.63) is 34.8 Å². The normalized spacial score (nSPS) is 11.7. The van der Waals surface area contributed by atoms with Crippen LogP contribution in [0.5, 0.6) is 5.75 Å². The fourth-order valence-electron chi connectivity index (χ4n) is 2.26. The van der Waals surface area contributed by atoms with E-state index in [9.17, 15) is 0 Å². The lowest BCUT2D eigenvalue weighted by Crippen LogP contribution is -2.16. The lowest BCUT2D eigenvalue weighted by molar-refractivity contribution is 0.341. The number of aromatic nitrogens is 1. The summed E-state index contributed by atoms with van der Waals surface area (Å²) in [5.74, 6) is 0.908. The van der Waals surface area contributed by atoms with Crippen LogP contribution < -0.4 is 10.1 Å². The lowest BCUT2D eigenvalue weighted by atomic mass is 9.91. The Bertz CT molecular complexity index is 599. The molecule has 0 radical (unpaired) electrons. The van der Waals surface area contributed by atoms with Crippen molar-refractivity contribution in [1.29, 1.82) is 0 Å². The Morgan fingerprint density at radius 1 is 1.24 bits per heavy atom. The molecule has 3 nitrogen and oxygen atoms in total. The molecule has 114 valence electrons. The second kappa shape index (κ2) is 6.58. The molecule has 0 amide bonds. The maximum absolute atomic E-state index is 5.74. The summed E-state index contributed by atoms with van der Waals surface area (Å²) in [4.78, 5) is 6.21. The molecule has 0 saturated carbocycles. The average molecular weight is 304 g/mol. The van der Waals surface area contributed by atoms with Crippen molar-refractivity contribution in [3.8, 4) is 16.3 Å². The Kier molecular flexibility index (Phi) is 5.01. The summed E-state index contributed by atoms with van der Waals surface area (Å²) in [6, 6.07) is 8.13. The van der Waals surface area contributed by atoms with E-state index < -0.39 is 0 Å². The Balaban J connectivity index is 2.50. The number of para-hydroxylation sites is 1. The molecular formula is C17H24N2OS. The minimum absolute atomic E-state index is 0.0431. The Morgan fingerprint density at radius 3 is 2.57 bits per heavy atom. The maximum atomic E-state index is 5.74. The number of hydrogen-bond donors (Lipinski definition) is 1. The third-order valence-corrected chi connectivity index (χ3v) is 4.25. The Labute approximate surface area is 131 Å². The largest absolute Gasteiger partial charge is 0.493 e. The molecule has 1 aromatic heterocycles. The minimum Gasteiger partial charge on any atom is -0.493 e. The fraction of sp³-hybridized carbons (Fsp3) is 0.471. The molecule has 0 unspecified atom stereocenters. The molecule has 0 fully saturated rings. The van der Waals surface area contributed by atoms with E-state index in [1.807, 2.05) is 32.2 Å². The van der Waals surface area contributed by atoms with E-state index in [0.29, 0.717) is 6.61 Å². The topological polar surface area (TPSA) is 34.1 Å². The summed E-state index contributed by atoms with van der Waals surface area (Å²) in [6.45, 7) is 10.1. The van der Waals surface area contributed by atoms with E-state index in [0.717, 1.165) is 22.9 Å². The molecule has 1 aromatic carbocycles. The number of thiazole rings is 1. The first-order valence-corrected chi connectivity index (χ1v) is 8.16. The molecule has 1 N–H and O–H groups in total. The van der Waals surface area contributed by atoms with Crippen molar-refractivity contribution in [1.82, 2.24) is 10.3 Å². The van der Waals surface area contributed by atoms with Gasteiger partial charge in [-0.05, 0) is 26.1 Å². The zero-order chi connectivity index (χ0) is 15.5. The molecule has 2 rings (SSSR count). The van der Waals surface area contributed by atoms with Crippen molar-refractivity contribution in [3.63, 3.8) is 0 Å². The van der Waals surface area contributed by atoms with E-state index in [1.165, 1.54) is 10.6 Å². The number of hydrogen-bond acceptors (Lipinski definition) is 4. The van der Waals surface area contributed by atoms with E-state index in [1.54, 1.807) is 11.3 Å². The molecule has 2 aromatic rings. The molecule has 0 aliphatic carbocycles. The van der Waals surface area contributed by atoms with Crippen LogP contribution in [0.4, 0.5) is 0 Å². The molecule has 0 spiro atoms. The number of ether oxygens (including phenoxy) is 1. The maximum Gasteiger partial charge on any atom is 0.129 e. The summed E-state index contributed by atoms with van der Waals surface area (Å²) in [5.41, 5.74) is 2.29. The third-order valence-electron chi connectivity index (χ3n) is 3.16. The van der Waals surface area contributed by atoms with Gasteiger partial charge in [-0.25, -0.2) is 4.98 Å². The fourth-order valence-corrected chi connectivity index (χ4v) is 3.57. The van der Waals surface area contributed by atoms with Gasteiger partial charge in [-0.1, -0.05) is 32.9 Å². The van der Waals surface area contributed by atoms with E-state index in [2.05, 4.69) is 32.2 Å². The lowest BCUT2D eigenvalue weighted by Gasteiger charge is -2.17. The smallest absolute Gasteiger partial charge is 0.129 e. The van der Waals surface area contributed by atoms with Crippen molar-refractivity contribution >= 4 is 11.3 Å². The van der Waals surface area contributed by atoms with Crippen LogP contribution in [0.1, 0.15) is 38.3 Å². The first-order valence-electron chi connectivity index (χ1n) is 7.34. The molecule has 0 bridgehead atoms. The van der Waals surface area contributed by atoms with Gasteiger partial charge in [-0.15, -0.1) is 11.3 Å². The molecule has 4 heteroatoms. The quantitative estimate of drug-likeness (QED) is 0.898. The van der Waals surface area contributed by atoms with Gasteiger partial charge < -0.3 is 10.1 Å². The predicted octanol–water partition coefficient (Wildman–Crippen LogP) is 4.23. The average Bonchev–Trinajstić information content (AvgIpc) is 2.84. The van der Waals surface area contributed by atoms with Gasteiger partial charge in [-0.3, -0.25) is 0 Å². The number of nitrogens with one attached hydrogen (secondary N) is 1. The number of nitrogens with zero attached hydrogens (tertiary/aromatic N) is 1. The van der Waals surface area contributed by atoms with Crippen LogP contribution in [-0.4, -0.2) is 18.6 Å². The van der Waals surface area contributed by atoms with Crippen molar-refractivity contribution in [2.24, 2.45) is 0 Å². The summed E-state index contributed by atoms with van der Waals surface area (Å²) in [6.07, 6.45) is 0. The van der Waals surface area contributed by atoms with Gasteiger partial charge in [0, 0.05) is 16.8 Å². The highest BCUT2D eigenvalue weighted by Crippen LogP contribution is 2.38. The standard InChI is InChI=1S/C17H24N2OS/c1-6-20-13-10-8-7-9-12(13)16-19-15(17(2,3)4)14(21-16)11-18-5/h7-10,18H,6,11H2,1-5H3. The Morgan fingerprint density at radius 2 is 1.95 bits per heavy atom. The van der Waals surface area contributed by atoms with Gasteiger partial charge in [-0.2, -0.15) is 0 Å². The molecule has 0 atom stereocenters. The third kappa shape index (κ3) is 3.63. The van der Waals surface area contributed by atoms with Crippen LogP contribution >= 0.6 is 11.3 Å². The highest BCUT2D eigenvalue weighted by atomic mass is 32.1. The van der Waals surface area contributed by atoms with E-state index in [4.69, 9.17) is 9.72 Å². The highest BCUT2D eigenvalue weighted by Gasteiger charge is 2.24. The summed E-state index contributed by atoms with van der Waals surface area (Å²) in [7, 11) is 1.97. The van der Waals surface area contributed by atoms with Gasteiger partial charge in [0.05, 0.1) is 17.9 Å². The van der Waals surface area contributed by atoms with Crippen molar-refractivity contribution in [2.45, 2.75) is 39.7 Å². The van der Waals surface area contributed by atoms with Gasteiger partial charge in [0.2, 0.25) is 0 Å². The van der Waals surface area contributed by atoms with Crippen LogP contribution in [0.15, 0.2) is 24.3 Å². The summed E-state index contributed by atoms with van der Waals surface area (Å²) >= 11 is 1.75. The van der Waals surface area contributed by atoms with Gasteiger partial charge in [0.25, 0.3) is 0 Å². The molecular weight excluding hydrogens is 280 g/mol. The summed E-state index contributed by atoms with van der Waals surface area (Å²) < 4.78 is 5.74. The molecule has 0 saturated heterocycles. The van der Waals surface area contributed by atoms with Crippen LogP contribution in [0.2, 0.25) is 0 Å². The molecule has 0 aliphatic heterocycles. The Hall–Kier alpha value is -1.39. The van der Waals surface area contributed by atoms with Gasteiger partial charge >= 0.3 is 0 Å². The second-order valence-corrected chi connectivity index (χ2v) is 7.08. The van der Waals surface area contributed by atoms with Crippen molar-refractivity contribution < 1.29 is 4.74 Å². The van der Waals surface area contributed by atoms with E-state index in [-0.39, 0.29) is 5.41 Å². The first-order chi connectivity index (χ1) is 9.97. The number of benzene rings is 1. The monoisotopic (exact) mass is 304 g/mol. The summed E-state index contributed by atoms with van der Waals surface area (Å²) in [5, 5.41) is 4.28. The van der Waals surface area contributed by atoms with Crippen LogP contribution in [-0.2, 0) is 12.0 Å².